The summed E-state index contributed by atoms with van der Waals surface area (Å²) < 4.78 is 10.4. The first-order chi connectivity index (χ1) is 12.0. The molecule has 0 bridgehead atoms. The molecule has 0 amide bonds. The van der Waals surface area contributed by atoms with Crippen LogP contribution < -0.4 is 5.32 Å². The lowest BCUT2D eigenvalue weighted by atomic mass is 10.2. The molecule has 2 aromatic rings. The van der Waals surface area contributed by atoms with Crippen molar-refractivity contribution in [2.45, 2.75) is 26.9 Å². The zero-order valence-corrected chi connectivity index (χ0v) is 15.2. The van der Waals surface area contributed by atoms with Gasteiger partial charge in [-0.2, -0.15) is 0 Å². The van der Waals surface area contributed by atoms with Gasteiger partial charge >= 0.3 is 5.97 Å². The lowest BCUT2D eigenvalue weighted by Crippen LogP contribution is -2.38. The highest BCUT2D eigenvalue weighted by Crippen LogP contribution is 2.16. The number of guanidine groups is 1. The van der Waals surface area contributed by atoms with Crippen LogP contribution in [0.15, 0.2) is 45.8 Å². The SMILES string of the molecule is CCNC(=NCc1cc(C(=O)OC)c(C)o1)N(C)Cc1ccccc1. The standard InChI is InChI=1S/C19H25N3O3/c1-5-20-19(22(3)13-15-9-7-6-8-10-15)21-12-16-11-17(14(2)25-16)18(23)24-4/h6-11H,5,12-13H2,1-4H3,(H,20,21). The Morgan fingerprint density at radius 3 is 2.68 bits per heavy atom. The van der Waals surface area contributed by atoms with Gasteiger partial charge in [-0.15, -0.1) is 0 Å². The normalized spacial score (nSPS) is 11.3. The molecule has 1 aromatic heterocycles. The molecule has 2 rings (SSSR count). The molecule has 0 aliphatic rings. The Morgan fingerprint density at radius 2 is 2.04 bits per heavy atom. The number of methoxy groups -OCH3 is 1. The number of carbonyl (C=O) groups excluding carboxylic acids is 1. The summed E-state index contributed by atoms with van der Waals surface area (Å²) in [6.45, 7) is 5.63. The highest BCUT2D eigenvalue weighted by atomic mass is 16.5. The van der Waals surface area contributed by atoms with Crippen molar-refractivity contribution in [3.63, 3.8) is 0 Å². The number of furan rings is 1. The van der Waals surface area contributed by atoms with Crippen LogP contribution in [0.3, 0.4) is 0 Å². The summed E-state index contributed by atoms with van der Waals surface area (Å²) in [6, 6.07) is 11.9. The molecular weight excluding hydrogens is 318 g/mol. The van der Waals surface area contributed by atoms with E-state index in [1.54, 1.807) is 13.0 Å². The van der Waals surface area contributed by atoms with E-state index in [0.717, 1.165) is 19.0 Å². The lowest BCUT2D eigenvalue weighted by molar-refractivity contribution is 0.0599. The molecule has 134 valence electrons. The van der Waals surface area contributed by atoms with E-state index in [0.29, 0.717) is 23.6 Å². The number of nitrogens with one attached hydrogen (secondary N) is 1. The molecule has 6 heteroatoms. The van der Waals surface area contributed by atoms with Crippen molar-refractivity contribution in [3.8, 4) is 0 Å². The molecular formula is C19H25N3O3. The number of hydrogen-bond donors (Lipinski definition) is 1. The fourth-order valence-corrected chi connectivity index (χ4v) is 2.49. The Bertz CT molecular complexity index is 723. The highest BCUT2D eigenvalue weighted by molar-refractivity contribution is 5.90. The van der Waals surface area contributed by atoms with Gasteiger partial charge in [0.25, 0.3) is 0 Å². The molecule has 0 radical (unpaired) electrons. The molecule has 0 aliphatic carbocycles. The molecule has 0 fully saturated rings. The van der Waals surface area contributed by atoms with Crippen LogP contribution in [0, 0.1) is 6.92 Å². The molecule has 1 aromatic carbocycles. The van der Waals surface area contributed by atoms with Crippen LogP contribution in [-0.4, -0.2) is 37.5 Å². The summed E-state index contributed by atoms with van der Waals surface area (Å²) in [5.41, 5.74) is 1.65. The van der Waals surface area contributed by atoms with Crippen LogP contribution >= 0.6 is 0 Å². The first-order valence-corrected chi connectivity index (χ1v) is 8.26. The van der Waals surface area contributed by atoms with Crippen LogP contribution in [0.25, 0.3) is 0 Å². The Kier molecular flexibility index (Phi) is 6.62. The maximum absolute atomic E-state index is 11.7. The Morgan fingerprint density at radius 1 is 1.32 bits per heavy atom. The molecule has 0 saturated heterocycles. The summed E-state index contributed by atoms with van der Waals surface area (Å²) in [7, 11) is 3.34. The average molecular weight is 343 g/mol. The van der Waals surface area contributed by atoms with E-state index < -0.39 is 5.97 Å². The second-order valence-electron chi connectivity index (χ2n) is 5.69. The third-order valence-corrected chi connectivity index (χ3v) is 3.72. The van der Waals surface area contributed by atoms with Crippen molar-refractivity contribution in [2.24, 2.45) is 4.99 Å². The molecule has 0 atom stereocenters. The third kappa shape index (κ3) is 5.11. The second-order valence-corrected chi connectivity index (χ2v) is 5.69. The number of nitrogens with zero attached hydrogens (tertiary/aromatic N) is 2. The van der Waals surface area contributed by atoms with E-state index in [1.807, 2.05) is 32.2 Å². The maximum Gasteiger partial charge on any atom is 0.341 e. The summed E-state index contributed by atoms with van der Waals surface area (Å²) >= 11 is 0. The van der Waals surface area contributed by atoms with E-state index >= 15 is 0 Å². The zero-order chi connectivity index (χ0) is 18.2. The first-order valence-electron chi connectivity index (χ1n) is 8.26. The van der Waals surface area contributed by atoms with Crippen LogP contribution in [0.5, 0.6) is 0 Å². The minimum absolute atomic E-state index is 0.347. The monoisotopic (exact) mass is 343 g/mol. The topological polar surface area (TPSA) is 67.1 Å². The smallest absolute Gasteiger partial charge is 0.341 e. The van der Waals surface area contributed by atoms with Gasteiger partial charge in [0.15, 0.2) is 5.96 Å². The predicted octanol–water partition coefficient (Wildman–Crippen LogP) is 2.97. The number of hydrogen-bond acceptors (Lipinski definition) is 4. The Labute approximate surface area is 148 Å². The maximum atomic E-state index is 11.7. The number of rotatable bonds is 6. The van der Waals surface area contributed by atoms with E-state index in [2.05, 4.69) is 27.3 Å². The lowest BCUT2D eigenvalue weighted by Gasteiger charge is -2.22. The van der Waals surface area contributed by atoms with E-state index in [1.165, 1.54) is 12.7 Å². The van der Waals surface area contributed by atoms with Crippen molar-refractivity contribution < 1.29 is 13.9 Å². The minimum atomic E-state index is -0.399. The largest absolute Gasteiger partial charge is 0.465 e. The molecule has 0 spiro atoms. The first kappa shape index (κ1) is 18.6. The van der Waals surface area contributed by atoms with Crippen LogP contribution in [0.2, 0.25) is 0 Å². The number of aryl methyl sites for hydroxylation is 1. The van der Waals surface area contributed by atoms with Crippen molar-refractivity contribution in [3.05, 3.63) is 59.0 Å². The Balaban J connectivity index is 2.10. The van der Waals surface area contributed by atoms with Gasteiger partial charge in [-0.25, -0.2) is 9.79 Å². The van der Waals surface area contributed by atoms with Gasteiger partial charge in [-0.3, -0.25) is 0 Å². The van der Waals surface area contributed by atoms with E-state index in [-0.39, 0.29) is 0 Å². The van der Waals surface area contributed by atoms with Crippen LogP contribution in [0.1, 0.15) is 34.4 Å². The predicted molar refractivity (Wildman–Crippen MR) is 97.5 cm³/mol. The fourth-order valence-electron chi connectivity index (χ4n) is 2.49. The van der Waals surface area contributed by atoms with E-state index in [9.17, 15) is 4.79 Å². The molecule has 1 heterocycles. The molecule has 6 nitrogen and oxygen atoms in total. The van der Waals surface area contributed by atoms with Gasteiger partial charge < -0.3 is 19.4 Å². The number of carbonyl (C=O) groups is 1. The van der Waals surface area contributed by atoms with Crippen LogP contribution in [-0.2, 0) is 17.8 Å². The summed E-state index contributed by atoms with van der Waals surface area (Å²) in [4.78, 5) is 18.3. The quantitative estimate of drug-likeness (QED) is 0.496. The van der Waals surface area contributed by atoms with Gasteiger partial charge in [-0.05, 0) is 25.5 Å². The van der Waals surface area contributed by atoms with Crippen molar-refractivity contribution in [2.75, 3.05) is 20.7 Å². The molecule has 0 unspecified atom stereocenters. The molecule has 0 saturated carbocycles. The van der Waals surface area contributed by atoms with Crippen molar-refractivity contribution >= 4 is 11.9 Å². The summed E-state index contributed by atoms with van der Waals surface area (Å²) in [5, 5.41) is 3.27. The number of esters is 1. The van der Waals surface area contributed by atoms with Gasteiger partial charge in [0.2, 0.25) is 0 Å². The molecule has 0 aliphatic heterocycles. The van der Waals surface area contributed by atoms with Gasteiger partial charge in [0, 0.05) is 20.1 Å². The third-order valence-electron chi connectivity index (χ3n) is 3.72. The van der Waals surface area contributed by atoms with Crippen molar-refractivity contribution in [1.29, 1.82) is 0 Å². The molecule has 25 heavy (non-hydrogen) atoms. The molecule has 1 N–H and O–H groups in total. The number of ether oxygens (including phenoxy) is 1. The second kappa shape index (κ2) is 8.92. The van der Waals surface area contributed by atoms with Gasteiger partial charge in [0.05, 0.1) is 7.11 Å². The van der Waals surface area contributed by atoms with Gasteiger partial charge in [-0.1, -0.05) is 30.3 Å². The number of benzene rings is 1. The average Bonchev–Trinajstić information content (AvgIpc) is 2.99. The highest BCUT2D eigenvalue weighted by Gasteiger charge is 2.15. The van der Waals surface area contributed by atoms with Gasteiger partial charge in [0.1, 0.15) is 23.6 Å². The van der Waals surface area contributed by atoms with E-state index in [4.69, 9.17) is 9.15 Å². The summed E-state index contributed by atoms with van der Waals surface area (Å²) in [6.07, 6.45) is 0. The Hall–Kier alpha value is -2.76. The zero-order valence-electron chi connectivity index (χ0n) is 15.2. The number of aliphatic imine (C=N–C) groups is 1. The fraction of sp³-hybridized carbons (Fsp3) is 0.368. The minimum Gasteiger partial charge on any atom is -0.465 e. The van der Waals surface area contributed by atoms with Crippen LogP contribution in [0.4, 0.5) is 0 Å². The van der Waals surface area contributed by atoms with Crippen molar-refractivity contribution in [1.82, 2.24) is 10.2 Å². The summed E-state index contributed by atoms with van der Waals surface area (Å²) in [5.74, 6) is 1.55.